The van der Waals surface area contributed by atoms with Gasteiger partial charge in [0.2, 0.25) is 0 Å². The van der Waals surface area contributed by atoms with Crippen LogP contribution < -0.4 is 15.0 Å². The van der Waals surface area contributed by atoms with Crippen molar-refractivity contribution in [2.24, 2.45) is 0 Å². The summed E-state index contributed by atoms with van der Waals surface area (Å²) in [7, 11) is 5.77. The Morgan fingerprint density at radius 2 is 1.79 bits per heavy atom. The van der Waals surface area contributed by atoms with Crippen molar-refractivity contribution in [3.8, 4) is 5.75 Å². The van der Waals surface area contributed by atoms with Crippen LogP contribution in [0.1, 0.15) is 5.56 Å². The van der Waals surface area contributed by atoms with E-state index in [2.05, 4.69) is 34.5 Å². The van der Waals surface area contributed by atoms with Crippen molar-refractivity contribution in [3.63, 3.8) is 0 Å². The smallest absolute Gasteiger partial charge is 0.120 e. The quantitative estimate of drug-likeness (QED) is 0.887. The van der Waals surface area contributed by atoms with Gasteiger partial charge in [-0.05, 0) is 29.8 Å². The second-order valence-corrected chi connectivity index (χ2v) is 4.65. The highest BCUT2D eigenvalue weighted by Gasteiger charge is 1.98. The first-order chi connectivity index (χ1) is 9.19. The summed E-state index contributed by atoms with van der Waals surface area (Å²) < 4.78 is 5.20. The van der Waals surface area contributed by atoms with E-state index in [1.807, 2.05) is 38.4 Å². The molecule has 3 nitrogen and oxygen atoms in total. The zero-order chi connectivity index (χ0) is 13.7. The molecule has 0 heterocycles. The predicted molar refractivity (Wildman–Crippen MR) is 81.1 cm³/mol. The van der Waals surface area contributed by atoms with Crippen LogP contribution in [0.25, 0.3) is 0 Å². The third kappa shape index (κ3) is 3.65. The molecule has 0 aliphatic carbocycles. The molecule has 2 rings (SSSR count). The molecule has 0 amide bonds. The van der Waals surface area contributed by atoms with Crippen molar-refractivity contribution in [2.75, 3.05) is 31.4 Å². The maximum absolute atomic E-state index is 5.20. The standard InChI is InChI=1S/C16H20N2O/c1-18(2)15-9-7-13(8-10-15)12-17-14-5-4-6-16(11-14)19-3/h4-11,17H,12H2,1-3H3. The fourth-order valence-electron chi connectivity index (χ4n) is 1.85. The van der Waals surface area contributed by atoms with E-state index in [0.717, 1.165) is 18.0 Å². The Bertz CT molecular complexity index is 521. The van der Waals surface area contributed by atoms with Crippen molar-refractivity contribution in [3.05, 3.63) is 54.1 Å². The van der Waals surface area contributed by atoms with Gasteiger partial charge in [-0.25, -0.2) is 0 Å². The summed E-state index contributed by atoms with van der Waals surface area (Å²) >= 11 is 0. The molecule has 2 aromatic carbocycles. The number of nitrogens with one attached hydrogen (secondary N) is 1. The number of hydrogen-bond acceptors (Lipinski definition) is 3. The van der Waals surface area contributed by atoms with Crippen LogP contribution in [0.4, 0.5) is 11.4 Å². The number of anilines is 2. The summed E-state index contributed by atoms with van der Waals surface area (Å²) in [5.41, 5.74) is 3.54. The first-order valence-corrected chi connectivity index (χ1v) is 6.33. The minimum atomic E-state index is 0.806. The molecule has 0 radical (unpaired) electrons. The number of nitrogens with zero attached hydrogens (tertiary/aromatic N) is 1. The van der Waals surface area contributed by atoms with E-state index in [4.69, 9.17) is 4.74 Å². The third-order valence-electron chi connectivity index (χ3n) is 3.02. The molecule has 0 spiro atoms. The lowest BCUT2D eigenvalue weighted by molar-refractivity contribution is 0.415. The Kier molecular flexibility index (Phi) is 4.29. The number of benzene rings is 2. The number of rotatable bonds is 5. The maximum atomic E-state index is 5.20. The molecule has 0 atom stereocenters. The van der Waals surface area contributed by atoms with E-state index in [-0.39, 0.29) is 0 Å². The Morgan fingerprint density at radius 1 is 1.05 bits per heavy atom. The maximum Gasteiger partial charge on any atom is 0.120 e. The molecule has 0 fully saturated rings. The van der Waals surface area contributed by atoms with Gasteiger partial charge in [0.05, 0.1) is 7.11 Å². The van der Waals surface area contributed by atoms with Gasteiger partial charge in [-0.1, -0.05) is 18.2 Å². The summed E-state index contributed by atoms with van der Waals surface area (Å²) in [6, 6.07) is 16.5. The Hall–Kier alpha value is -2.16. The average Bonchev–Trinajstić information content (AvgIpc) is 2.46. The van der Waals surface area contributed by atoms with Crippen molar-refractivity contribution in [1.29, 1.82) is 0 Å². The molecule has 100 valence electrons. The number of hydrogen-bond donors (Lipinski definition) is 1. The Balaban J connectivity index is 1.98. The van der Waals surface area contributed by atoms with E-state index in [0.29, 0.717) is 0 Å². The van der Waals surface area contributed by atoms with Gasteiger partial charge in [0, 0.05) is 38.1 Å². The number of methoxy groups -OCH3 is 1. The second-order valence-electron chi connectivity index (χ2n) is 4.65. The monoisotopic (exact) mass is 256 g/mol. The Labute approximate surface area is 114 Å². The van der Waals surface area contributed by atoms with Gasteiger partial charge in [0.25, 0.3) is 0 Å². The van der Waals surface area contributed by atoms with Crippen molar-refractivity contribution in [1.82, 2.24) is 0 Å². The first kappa shape index (κ1) is 13.3. The molecule has 0 unspecified atom stereocenters. The van der Waals surface area contributed by atoms with E-state index < -0.39 is 0 Å². The highest BCUT2D eigenvalue weighted by Crippen LogP contribution is 2.18. The molecule has 19 heavy (non-hydrogen) atoms. The summed E-state index contributed by atoms with van der Waals surface area (Å²) in [6.45, 7) is 0.806. The predicted octanol–water partition coefficient (Wildman–Crippen LogP) is 3.37. The molecule has 0 aromatic heterocycles. The minimum absolute atomic E-state index is 0.806. The lowest BCUT2D eigenvalue weighted by atomic mass is 10.2. The van der Waals surface area contributed by atoms with Gasteiger partial charge < -0.3 is 15.0 Å². The fraction of sp³-hybridized carbons (Fsp3) is 0.250. The summed E-state index contributed by atoms with van der Waals surface area (Å²) in [6.07, 6.45) is 0. The minimum Gasteiger partial charge on any atom is -0.497 e. The molecule has 1 N–H and O–H groups in total. The highest BCUT2D eigenvalue weighted by atomic mass is 16.5. The lowest BCUT2D eigenvalue weighted by Gasteiger charge is -2.13. The molecule has 0 aliphatic heterocycles. The zero-order valence-corrected chi connectivity index (χ0v) is 11.7. The van der Waals surface area contributed by atoms with Crippen LogP contribution in [0, 0.1) is 0 Å². The normalized spacial score (nSPS) is 10.1. The van der Waals surface area contributed by atoms with Crippen molar-refractivity contribution in [2.45, 2.75) is 6.54 Å². The van der Waals surface area contributed by atoms with Gasteiger partial charge in [-0.2, -0.15) is 0 Å². The molecule has 0 aliphatic rings. The van der Waals surface area contributed by atoms with Crippen LogP contribution in [-0.4, -0.2) is 21.2 Å². The Morgan fingerprint density at radius 3 is 2.42 bits per heavy atom. The molecule has 0 saturated heterocycles. The summed E-state index contributed by atoms with van der Waals surface area (Å²) in [4.78, 5) is 2.10. The zero-order valence-electron chi connectivity index (χ0n) is 11.7. The van der Waals surface area contributed by atoms with Crippen LogP contribution in [-0.2, 0) is 6.54 Å². The highest BCUT2D eigenvalue weighted by molar-refractivity contribution is 5.50. The van der Waals surface area contributed by atoms with Gasteiger partial charge in [0.1, 0.15) is 5.75 Å². The van der Waals surface area contributed by atoms with Gasteiger partial charge >= 0.3 is 0 Å². The lowest BCUT2D eigenvalue weighted by Crippen LogP contribution is -2.08. The summed E-state index contributed by atoms with van der Waals surface area (Å²) in [5, 5.41) is 3.39. The fourth-order valence-corrected chi connectivity index (χ4v) is 1.85. The number of ether oxygens (including phenoxy) is 1. The topological polar surface area (TPSA) is 24.5 Å². The van der Waals surface area contributed by atoms with Gasteiger partial charge in [0.15, 0.2) is 0 Å². The van der Waals surface area contributed by atoms with Crippen LogP contribution in [0.3, 0.4) is 0 Å². The molecule has 0 bridgehead atoms. The van der Waals surface area contributed by atoms with E-state index in [1.165, 1.54) is 11.3 Å². The van der Waals surface area contributed by atoms with Crippen LogP contribution in [0.15, 0.2) is 48.5 Å². The SMILES string of the molecule is COc1cccc(NCc2ccc(N(C)C)cc2)c1. The molecular weight excluding hydrogens is 236 g/mol. The van der Waals surface area contributed by atoms with Crippen molar-refractivity contribution >= 4 is 11.4 Å². The van der Waals surface area contributed by atoms with Gasteiger partial charge in [-0.3, -0.25) is 0 Å². The molecule has 3 heteroatoms. The average molecular weight is 256 g/mol. The third-order valence-corrected chi connectivity index (χ3v) is 3.02. The molecular formula is C16H20N2O. The molecule has 2 aromatic rings. The van der Waals surface area contributed by atoms with E-state index in [9.17, 15) is 0 Å². The molecule has 0 saturated carbocycles. The van der Waals surface area contributed by atoms with E-state index in [1.54, 1.807) is 7.11 Å². The second kappa shape index (κ2) is 6.14. The first-order valence-electron chi connectivity index (χ1n) is 6.33. The van der Waals surface area contributed by atoms with Crippen molar-refractivity contribution < 1.29 is 4.74 Å². The summed E-state index contributed by atoms with van der Waals surface area (Å²) in [5.74, 6) is 0.868. The van der Waals surface area contributed by atoms with Crippen LogP contribution in [0.5, 0.6) is 5.75 Å². The van der Waals surface area contributed by atoms with Crippen LogP contribution in [0.2, 0.25) is 0 Å². The van der Waals surface area contributed by atoms with Crippen LogP contribution >= 0.6 is 0 Å². The van der Waals surface area contributed by atoms with E-state index >= 15 is 0 Å². The largest absolute Gasteiger partial charge is 0.497 e. The van der Waals surface area contributed by atoms with Gasteiger partial charge in [-0.15, -0.1) is 0 Å².